The van der Waals surface area contributed by atoms with E-state index in [1.165, 1.54) is 0 Å². The van der Waals surface area contributed by atoms with E-state index in [1.807, 2.05) is 6.92 Å². The van der Waals surface area contributed by atoms with Crippen molar-refractivity contribution in [1.82, 2.24) is 0 Å². The minimum atomic E-state index is -3.67. The van der Waals surface area contributed by atoms with E-state index >= 15 is 0 Å². The Labute approximate surface area is 89.9 Å². The molecule has 6 nitrogen and oxygen atoms in total. The Morgan fingerprint density at radius 2 is 1.73 bits per heavy atom. The Morgan fingerprint density at radius 3 is 2.07 bits per heavy atom. The molecule has 0 amide bonds. The van der Waals surface area contributed by atoms with Crippen LogP contribution in [0.4, 0.5) is 0 Å². The Kier molecular flexibility index (Phi) is 6.30. The van der Waals surface area contributed by atoms with Gasteiger partial charge in [0.1, 0.15) is 0 Å². The molecule has 0 aliphatic carbocycles. The van der Waals surface area contributed by atoms with Crippen molar-refractivity contribution in [2.75, 3.05) is 26.1 Å². The summed E-state index contributed by atoms with van der Waals surface area (Å²) in [5, 5.41) is 8.53. The lowest BCUT2D eigenvalue weighted by Gasteiger charge is -2.21. The molecule has 1 heterocycles. The maximum absolute atomic E-state index is 9.19. The van der Waals surface area contributed by atoms with Crippen molar-refractivity contribution in [2.24, 2.45) is 0 Å². The predicted octanol–water partition coefficient (Wildman–Crippen LogP) is 0.0259. The van der Waals surface area contributed by atoms with Crippen LogP contribution in [-0.4, -0.2) is 49.9 Å². The van der Waals surface area contributed by atoms with Crippen LogP contribution in [0.1, 0.15) is 19.8 Å². The van der Waals surface area contributed by atoms with E-state index in [-0.39, 0.29) is 6.61 Å². The van der Waals surface area contributed by atoms with Gasteiger partial charge in [0.2, 0.25) is 0 Å². The van der Waals surface area contributed by atoms with Crippen LogP contribution in [-0.2, 0) is 19.6 Å². The van der Waals surface area contributed by atoms with Crippen LogP contribution in [0.5, 0.6) is 0 Å². The molecule has 1 aliphatic rings. The van der Waals surface area contributed by atoms with Gasteiger partial charge in [-0.3, -0.25) is 4.55 Å². The molecule has 7 heteroatoms. The molecule has 0 aromatic heterocycles. The first-order chi connectivity index (χ1) is 6.77. The molecule has 0 unspecified atom stereocenters. The average molecular weight is 242 g/mol. The number of ether oxygens (including phenoxy) is 2. The van der Waals surface area contributed by atoms with Gasteiger partial charge in [0.25, 0.3) is 10.1 Å². The predicted molar refractivity (Wildman–Crippen MR) is 54.1 cm³/mol. The number of rotatable bonds is 3. The fourth-order valence-electron chi connectivity index (χ4n) is 1.10. The van der Waals surface area contributed by atoms with Crippen molar-refractivity contribution in [2.45, 2.75) is 25.6 Å². The molecule has 0 saturated carbocycles. The smallest absolute Gasteiger partial charge is 0.261 e. The van der Waals surface area contributed by atoms with Crippen molar-refractivity contribution < 1.29 is 27.6 Å². The summed E-state index contributed by atoms with van der Waals surface area (Å²) in [5.74, 6) is -0.414. The minimum absolute atomic E-state index is 0.211. The van der Waals surface area contributed by atoms with Crippen LogP contribution in [0, 0.1) is 0 Å². The van der Waals surface area contributed by atoms with Gasteiger partial charge in [-0.2, -0.15) is 8.42 Å². The van der Waals surface area contributed by atoms with Gasteiger partial charge in [-0.25, -0.2) is 0 Å². The summed E-state index contributed by atoms with van der Waals surface area (Å²) in [5.41, 5.74) is 0. The maximum Gasteiger partial charge on any atom is 0.261 e. The molecular weight excluding hydrogens is 224 g/mol. The van der Waals surface area contributed by atoms with Crippen LogP contribution in [0.3, 0.4) is 0 Å². The second-order valence-electron chi connectivity index (χ2n) is 3.39. The number of hydrogen-bond acceptors (Lipinski definition) is 5. The largest absolute Gasteiger partial charge is 0.396 e. The van der Waals surface area contributed by atoms with Crippen LogP contribution in [0.15, 0.2) is 0 Å². The highest BCUT2D eigenvalue weighted by molar-refractivity contribution is 7.85. The Hall–Kier alpha value is -0.210. The Balaban J connectivity index is 0.000000336. The number of aliphatic hydroxyl groups excluding tert-OH is 1. The fourth-order valence-corrected chi connectivity index (χ4v) is 1.10. The van der Waals surface area contributed by atoms with Gasteiger partial charge in [-0.1, -0.05) is 0 Å². The van der Waals surface area contributed by atoms with E-state index in [1.54, 1.807) is 0 Å². The summed E-state index contributed by atoms with van der Waals surface area (Å²) < 4.78 is 36.5. The van der Waals surface area contributed by atoms with Crippen molar-refractivity contribution in [3.05, 3.63) is 0 Å². The summed E-state index contributed by atoms with van der Waals surface area (Å²) in [6.07, 6.45) is 2.24. The summed E-state index contributed by atoms with van der Waals surface area (Å²) in [7, 11) is -3.67. The molecule has 0 bridgehead atoms. The highest BCUT2D eigenvalue weighted by Gasteiger charge is 2.29. The van der Waals surface area contributed by atoms with Gasteiger partial charge >= 0.3 is 0 Å². The first kappa shape index (κ1) is 14.8. The monoisotopic (exact) mass is 242 g/mol. The third-order valence-corrected chi connectivity index (χ3v) is 1.69. The van der Waals surface area contributed by atoms with Crippen LogP contribution < -0.4 is 0 Å². The van der Waals surface area contributed by atoms with Crippen LogP contribution in [0.2, 0.25) is 0 Å². The van der Waals surface area contributed by atoms with E-state index in [2.05, 4.69) is 0 Å². The zero-order chi connectivity index (χ0) is 11.9. The van der Waals surface area contributed by atoms with Gasteiger partial charge in [-0.15, -0.1) is 0 Å². The van der Waals surface area contributed by atoms with Crippen molar-refractivity contribution in [3.63, 3.8) is 0 Å². The number of hydrogen-bond donors (Lipinski definition) is 2. The minimum Gasteiger partial charge on any atom is -0.396 e. The lowest BCUT2D eigenvalue weighted by molar-refractivity contribution is -0.148. The highest BCUT2D eigenvalue weighted by Crippen LogP contribution is 2.23. The molecule has 1 fully saturated rings. The summed E-state index contributed by atoms with van der Waals surface area (Å²) in [6.45, 7) is 3.49. The van der Waals surface area contributed by atoms with E-state index in [9.17, 15) is 8.42 Å². The molecule has 0 atom stereocenters. The molecule has 1 aliphatic heterocycles. The molecule has 1 rings (SSSR count). The second kappa shape index (κ2) is 6.39. The maximum atomic E-state index is 9.19. The molecule has 1 saturated heterocycles. The highest BCUT2D eigenvalue weighted by atomic mass is 32.2. The lowest BCUT2D eigenvalue weighted by Crippen LogP contribution is -2.25. The Morgan fingerprint density at radius 1 is 1.33 bits per heavy atom. The summed E-state index contributed by atoms with van der Waals surface area (Å²) >= 11 is 0. The first-order valence-corrected chi connectivity index (χ1v) is 6.43. The molecule has 15 heavy (non-hydrogen) atoms. The van der Waals surface area contributed by atoms with Crippen LogP contribution in [0.25, 0.3) is 0 Å². The van der Waals surface area contributed by atoms with E-state index in [0.717, 1.165) is 12.8 Å². The van der Waals surface area contributed by atoms with Crippen molar-refractivity contribution >= 4 is 10.1 Å². The summed E-state index contributed by atoms with van der Waals surface area (Å²) in [6, 6.07) is 0. The zero-order valence-electron chi connectivity index (χ0n) is 8.97. The molecular formula is C8H18O6S. The first-order valence-electron chi connectivity index (χ1n) is 4.58. The number of aliphatic hydroxyl groups is 1. The third-order valence-electron chi connectivity index (χ3n) is 1.69. The zero-order valence-corrected chi connectivity index (χ0v) is 9.79. The lowest BCUT2D eigenvalue weighted by atomic mass is 10.2. The Bertz CT molecular complexity index is 246. The molecule has 0 aromatic carbocycles. The van der Waals surface area contributed by atoms with Gasteiger partial charge in [0.15, 0.2) is 5.79 Å². The SMILES string of the molecule is CC1(CCCO)OCCO1.CS(=O)(=O)O. The van der Waals surface area contributed by atoms with Gasteiger partial charge in [-0.05, 0) is 13.3 Å². The normalized spacial score (nSPS) is 19.5. The molecule has 0 spiro atoms. The second-order valence-corrected chi connectivity index (χ2v) is 4.86. The van der Waals surface area contributed by atoms with Crippen molar-refractivity contribution in [1.29, 1.82) is 0 Å². The van der Waals surface area contributed by atoms with Gasteiger partial charge < -0.3 is 14.6 Å². The molecule has 0 aromatic rings. The fraction of sp³-hybridized carbons (Fsp3) is 1.00. The van der Waals surface area contributed by atoms with E-state index in [4.69, 9.17) is 19.1 Å². The van der Waals surface area contributed by atoms with Crippen LogP contribution >= 0.6 is 0 Å². The topological polar surface area (TPSA) is 93.1 Å². The quantitative estimate of drug-likeness (QED) is 0.678. The van der Waals surface area contributed by atoms with Gasteiger partial charge in [0, 0.05) is 13.0 Å². The van der Waals surface area contributed by atoms with E-state index in [0.29, 0.717) is 19.5 Å². The summed E-state index contributed by atoms with van der Waals surface area (Å²) in [4.78, 5) is 0. The third kappa shape index (κ3) is 10.1. The standard InChI is InChI=1S/C7H14O3.CH4O3S/c1-7(3-2-4-8)9-5-6-10-7;1-5(2,3)4/h8H,2-6H2,1H3;1H3,(H,2,3,4). The average Bonchev–Trinajstić information content (AvgIpc) is 2.46. The van der Waals surface area contributed by atoms with Crippen molar-refractivity contribution in [3.8, 4) is 0 Å². The molecule has 2 N–H and O–H groups in total. The molecule has 92 valence electrons. The van der Waals surface area contributed by atoms with Gasteiger partial charge in [0.05, 0.1) is 19.5 Å². The van der Waals surface area contributed by atoms with E-state index < -0.39 is 15.9 Å². The molecule has 0 radical (unpaired) electrons.